The van der Waals surface area contributed by atoms with Gasteiger partial charge in [-0.25, -0.2) is 4.98 Å². The third-order valence-electron chi connectivity index (χ3n) is 5.45. The van der Waals surface area contributed by atoms with E-state index in [1.807, 2.05) is 6.20 Å². The number of hydrogen-bond donors (Lipinski definition) is 1. The highest BCUT2D eigenvalue weighted by Gasteiger charge is 2.28. The average Bonchev–Trinajstić information content (AvgIpc) is 3.38. The molecule has 0 saturated heterocycles. The normalized spacial score (nSPS) is 15.2. The van der Waals surface area contributed by atoms with Crippen LogP contribution in [0.1, 0.15) is 29.2 Å². The Labute approximate surface area is 165 Å². The summed E-state index contributed by atoms with van der Waals surface area (Å²) in [6.07, 6.45) is 5.98. The lowest BCUT2D eigenvalue weighted by atomic mass is 9.87. The molecule has 3 aromatic carbocycles. The van der Waals surface area contributed by atoms with Crippen molar-refractivity contribution < 1.29 is 0 Å². The first-order valence-corrected chi connectivity index (χ1v) is 9.16. The van der Waals surface area contributed by atoms with Crippen LogP contribution in [0.3, 0.4) is 0 Å². The van der Waals surface area contributed by atoms with E-state index < -0.39 is 0 Å². The number of hydrogen-bond acceptors (Lipinski definition) is 1. The molecule has 1 aromatic heterocycles. The van der Waals surface area contributed by atoms with E-state index in [0.29, 0.717) is 5.92 Å². The quantitative estimate of drug-likeness (QED) is 0.452. The predicted octanol–water partition coefficient (Wildman–Crippen LogP) is 6.24. The van der Waals surface area contributed by atoms with Crippen LogP contribution >= 0.6 is 12.4 Å². The highest BCUT2D eigenvalue weighted by atomic mass is 35.5. The van der Waals surface area contributed by atoms with Gasteiger partial charge >= 0.3 is 0 Å². The summed E-state index contributed by atoms with van der Waals surface area (Å²) in [4.78, 5) is 7.54. The summed E-state index contributed by atoms with van der Waals surface area (Å²) < 4.78 is 0. The highest BCUT2D eigenvalue weighted by Crippen LogP contribution is 2.45. The van der Waals surface area contributed by atoms with Crippen molar-refractivity contribution in [2.75, 3.05) is 0 Å². The first kappa shape index (κ1) is 17.6. The third kappa shape index (κ3) is 3.07. The summed E-state index contributed by atoms with van der Waals surface area (Å²) in [5.41, 5.74) is 9.42. The van der Waals surface area contributed by atoms with Crippen molar-refractivity contribution in [2.24, 2.45) is 0 Å². The Morgan fingerprint density at radius 1 is 0.815 bits per heavy atom. The van der Waals surface area contributed by atoms with Crippen molar-refractivity contribution in [1.29, 1.82) is 0 Å². The van der Waals surface area contributed by atoms with Crippen LogP contribution in [-0.4, -0.2) is 9.97 Å². The monoisotopic (exact) mass is 372 g/mol. The SMILES string of the molecule is Cl.c1ccc(-c2ccc3c(c2-c2ccccc2)CCC3c2cnc[nH]2)cc1. The zero-order chi connectivity index (χ0) is 17.3. The molecule has 1 heterocycles. The molecule has 1 N–H and O–H groups in total. The van der Waals surface area contributed by atoms with E-state index in [9.17, 15) is 0 Å². The van der Waals surface area contributed by atoms with Crippen molar-refractivity contribution in [3.63, 3.8) is 0 Å². The van der Waals surface area contributed by atoms with Crippen LogP contribution in [0.4, 0.5) is 0 Å². The number of benzene rings is 3. The molecule has 134 valence electrons. The van der Waals surface area contributed by atoms with Gasteiger partial charge in [-0.1, -0.05) is 72.8 Å². The second kappa shape index (κ2) is 7.42. The van der Waals surface area contributed by atoms with Gasteiger partial charge in [0.1, 0.15) is 0 Å². The lowest BCUT2D eigenvalue weighted by Gasteiger charge is -2.17. The number of nitrogens with one attached hydrogen (secondary N) is 1. The summed E-state index contributed by atoms with van der Waals surface area (Å²) in [5, 5.41) is 0. The molecule has 1 aliphatic carbocycles. The van der Waals surface area contributed by atoms with E-state index in [2.05, 4.69) is 82.8 Å². The molecular formula is C24H21ClN2. The molecule has 27 heavy (non-hydrogen) atoms. The van der Waals surface area contributed by atoms with E-state index in [1.165, 1.54) is 39.1 Å². The van der Waals surface area contributed by atoms with Gasteiger partial charge in [-0.05, 0) is 46.2 Å². The number of H-pyrrole nitrogens is 1. The summed E-state index contributed by atoms with van der Waals surface area (Å²) in [6.45, 7) is 0. The van der Waals surface area contributed by atoms with E-state index in [1.54, 1.807) is 6.33 Å². The molecule has 5 rings (SSSR count). The Hall–Kier alpha value is -2.84. The fourth-order valence-electron chi connectivity index (χ4n) is 4.28. The Bertz CT molecular complexity index is 1020. The van der Waals surface area contributed by atoms with Gasteiger partial charge in [0.05, 0.1) is 6.33 Å². The maximum Gasteiger partial charge on any atom is 0.0921 e. The molecule has 0 bridgehead atoms. The van der Waals surface area contributed by atoms with Gasteiger partial charge in [-0.2, -0.15) is 0 Å². The van der Waals surface area contributed by atoms with Gasteiger partial charge in [-0.15, -0.1) is 12.4 Å². The average molecular weight is 373 g/mol. The number of halogens is 1. The molecule has 4 aromatic rings. The Kier molecular flexibility index (Phi) is 4.83. The topological polar surface area (TPSA) is 28.7 Å². The van der Waals surface area contributed by atoms with Crippen LogP contribution in [0.2, 0.25) is 0 Å². The smallest absolute Gasteiger partial charge is 0.0921 e. The predicted molar refractivity (Wildman–Crippen MR) is 113 cm³/mol. The van der Waals surface area contributed by atoms with E-state index in [0.717, 1.165) is 12.8 Å². The fourth-order valence-corrected chi connectivity index (χ4v) is 4.28. The summed E-state index contributed by atoms with van der Waals surface area (Å²) in [6, 6.07) is 26.1. The Balaban J connectivity index is 0.00000180. The van der Waals surface area contributed by atoms with Crippen LogP contribution < -0.4 is 0 Å². The van der Waals surface area contributed by atoms with Gasteiger partial charge < -0.3 is 4.98 Å². The summed E-state index contributed by atoms with van der Waals surface area (Å²) in [5.74, 6) is 0.416. The van der Waals surface area contributed by atoms with Crippen molar-refractivity contribution in [2.45, 2.75) is 18.8 Å². The Morgan fingerprint density at radius 2 is 1.52 bits per heavy atom. The number of aromatic nitrogens is 2. The zero-order valence-corrected chi connectivity index (χ0v) is 15.7. The number of nitrogens with zero attached hydrogens (tertiary/aromatic N) is 1. The van der Waals surface area contributed by atoms with Crippen molar-refractivity contribution in [3.8, 4) is 22.3 Å². The van der Waals surface area contributed by atoms with Gasteiger partial charge in [0.15, 0.2) is 0 Å². The number of rotatable bonds is 3. The van der Waals surface area contributed by atoms with Crippen LogP contribution in [0.5, 0.6) is 0 Å². The van der Waals surface area contributed by atoms with E-state index in [-0.39, 0.29) is 12.4 Å². The summed E-state index contributed by atoms with van der Waals surface area (Å²) in [7, 11) is 0. The number of fused-ring (bicyclic) bond motifs is 1. The fraction of sp³-hybridized carbons (Fsp3) is 0.125. The molecule has 0 radical (unpaired) electrons. The van der Waals surface area contributed by atoms with Gasteiger partial charge in [-0.3, -0.25) is 0 Å². The summed E-state index contributed by atoms with van der Waals surface area (Å²) >= 11 is 0. The molecular weight excluding hydrogens is 352 g/mol. The second-order valence-electron chi connectivity index (χ2n) is 6.89. The zero-order valence-electron chi connectivity index (χ0n) is 14.9. The van der Waals surface area contributed by atoms with Gasteiger partial charge in [0.2, 0.25) is 0 Å². The molecule has 0 spiro atoms. The van der Waals surface area contributed by atoms with Gasteiger partial charge in [0, 0.05) is 17.8 Å². The van der Waals surface area contributed by atoms with Gasteiger partial charge in [0.25, 0.3) is 0 Å². The molecule has 2 nitrogen and oxygen atoms in total. The van der Waals surface area contributed by atoms with Crippen molar-refractivity contribution >= 4 is 12.4 Å². The lowest BCUT2D eigenvalue weighted by molar-refractivity contribution is 0.767. The van der Waals surface area contributed by atoms with Crippen molar-refractivity contribution in [1.82, 2.24) is 9.97 Å². The van der Waals surface area contributed by atoms with Crippen LogP contribution in [0.25, 0.3) is 22.3 Å². The minimum Gasteiger partial charge on any atom is -0.348 e. The molecule has 0 saturated carbocycles. The minimum absolute atomic E-state index is 0. The third-order valence-corrected chi connectivity index (χ3v) is 5.45. The highest BCUT2D eigenvalue weighted by molar-refractivity contribution is 5.87. The molecule has 1 aliphatic rings. The first-order chi connectivity index (χ1) is 12.9. The molecule has 0 aliphatic heterocycles. The second-order valence-corrected chi connectivity index (χ2v) is 6.89. The van der Waals surface area contributed by atoms with Crippen molar-refractivity contribution in [3.05, 3.63) is 102 Å². The number of imidazole rings is 1. The molecule has 1 atom stereocenters. The van der Waals surface area contributed by atoms with Crippen LogP contribution in [-0.2, 0) is 6.42 Å². The van der Waals surface area contributed by atoms with E-state index >= 15 is 0 Å². The molecule has 3 heteroatoms. The standard InChI is InChI=1S/C24H20N2.ClH/c1-3-7-17(8-4-1)19-11-12-20-21(23-15-25-16-26-23)13-14-22(20)24(19)18-9-5-2-6-10-18;/h1-12,15-16,21H,13-14H2,(H,25,26);1H. The van der Waals surface area contributed by atoms with E-state index in [4.69, 9.17) is 0 Å². The largest absolute Gasteiger partial charge is 0.348 e. The van der Waals surface area contributed by atoms with Crippen LogP contribution in [0, 0.1) is 0 Å². The first-order valence-electron chi connectivity index (χ1n) is 9.16. The Morgan fingerprint density at radius 3 is 2.19 bits per heavy atom. The molecule has 0 fully saturated rings. The minimum atomic E-state index is 0. The maximum absolute atomic E-state index is 4.23. The molecule has 0 amide bonds. The number of aromatic amines is 1. The maximum atomic E-state index is 4.23. The lowest BCUT2D eigenvalue weighted by Crippen LogP contribution is -1.98. The van der Waals surface area contributed by atoms with Crippen LogP contribution in [0.15, 0.2) is 85.3 Å². The molecule has 1 unspecified atom stereocenters.